The SMILES string of the molecule is COc1cc([C@H](N2CCNCC2)C(F)(F)CO)cc(OC)c1OC.Cl. The normalized spacial score (nSPS) is 16.7. The van der Waals surface area contributed by atoms with Crippen molar-refractivity contribution in [2.24, 2.45) is 0 Å². The molecule has 1 aliphatic heterocycles. The number of hydrogen-bond acceptors (Lipinski definition) is 6. The van der Waals surface area contributed by atoms with E-state index in [0.29, 0.717) is 49.0 Å². The monoisotopic (exact) mass is 382 g/mol. The Kier molecular flexibility index (Phi) is 8.14. The van der Waals surface area contributed by atoms with Gasteiger partial charge in [0.15, 0.2) is 11.5 Å². The van der Waals surface area contributed by atoms with Gasteiger partial charge in [-0.25, -0.2) is 8.78 Å². The summed E-state index contributed by atoms with van der Waals surface area (Å²) in [6, 6.07) is 1.74. The van der Waals surface area contributed by atoms with Gasteiger partial charge in [-0.05, 0) is 17.7 Å². The lowest BCUT2D eigenvalue weighted by molar-refractivity contribution is -0.118. The molecule has 1 aliphatic rings. The van der Waals surface area contributed by atoms with Crippen LogP contribution in [0.2, 0.25) is 0 Å². The summed E-state index contributed by atoms with van der Waals surface area (Å²) in [5.41, 5.74) is 0.311. The second-order valence-corrected chi connectivity index (χ2v) is 5.57. The van der Waals surface area contributed by atoms with Gasteiger partial charge >= 0.3 is 0 Å². The number of rotatable bonds is 7. The van der Waals surface area contributed by atoms with Crippen molar-refractivity contribution in [2.75, 3.05) is 54.1 Å². The lowest BCUT2D eigenvalue weighted by Gasteiger charge is -2.39. The molecule has 0 saturated carbocycles. The van der Waals surface area contributed by atoms with Gasteiger partial charge in [0.1, 0.15) is 12.6 Å². The van der Waals surface area contributed by atoms with Crippen LogP contribution in [-0.4, -0.2) is 70.0 Å². The lowest BCUT2D eigenvalue weighted by atomic mass is 9.97. The van der Waals surface area contributed by atoms with Crippen LogP contribution in [0.4, 0.5) is 8.78 Å². The summed E-state index contributed by atoms with van der Waals surface area (Å²) in [5.74, 6) is -2.35. The zero-order valence-electron chi connectivity index (χ0n) is 14.6. The van der Waals surface area contributed by atoms with Crippen molar-refractivity contribution in [3.05, 3.63) is 17.7 Å². The molecule has 1 heterocycles. The summed E-state index contributed by atoms with van der Waals surface area (Å²) in [5, 5.41) is 12.4. The van der Waals surface area contributed by atoms with E-state index >= 15 is 0 Å². The van der Waals surface area contributed by atoms with E-state index in [2.05, 4.69) is 5.32 Å². The van der Waals surface area contributed by atoms with Crippen LogP contribution >= 0.6 is 12.4 Å². The highest BCUT2D eigenvalue weighted by Crippen LogP contribution is 2.44. The molecule has 144 valence electrons. The van der Waals surface area contributed by atoms with Gasteiger partial charge in [-0.15, -0.1) is 12.4 Å². The molecule has 1 atom stereocenters. The summed E-state index contributed by atoms with van der Waals surface area (Å²) < 4.78 is 44.8. The van der Waals surface area contributed by atoms with Gasteiger partial charge in [0.2, 0.25) is 5.75 Å². The van der Waals surface area contributed by atoms with Crippen molar-refractivity contribution in [1.82, 2.24) is 10.2 Å². The van der Waals surface area contributed by atoms with Crippen LogP contribution in [-0.2, 0) is 0 Å². The number of aliphatic hydroxyl groups is 1. The highest BCUT2D eigenvalue weighted by atomic mass is 35.5. The third-order valence-electron chi connectivity index (χ3n) is 4.13. The maximum atomic E-state index is 14.5. The molecule has 1 aromatic carbocycles. The summed E-state index contributed by atoms with van der Waals surface area (Å²) in [6.45, 7) is 0.900. The molecule has 25 heavy (non-hydrogen) atoms. The van der Waals surface area contributed by atoms with Gasteiger partial charge in [-0.2, -0.15) is 0 Å². The molecular formula is C16H25ClF2N2O4. The van der Waals surface area contributed by atoms with Gasteiger partial charge in [0.05, 0.1) is 21.3 Å². The Labute approximate surface area is 152 Å². The van der Waals surface area contributed by atoms with Crippen molar-refractivity contribution < 1.29 is 28.1 Å². The summed E-state index contributed by atoms with van der Waals surface area (Å²) in [7, 11) is 4.33. The Morgan fingerprint density at radius 1 is 1.12 bits per heavy atom. The van der Waals surface area contributed by atoms with E-state index in [0.717, 1.165) is 0 Å². The molecule has 0 aromatic heterocycles. The highest BCUT2D eigenvalue weighted by Gasteiger charge is 2.44. The first-order chi connectivity index (χ1) is 11.5. The minimum absolute atomic E-state index is 0. The summed E-state index contributed by atoms with van der Waals surface area (Å²) in [4.78, 5) is 1.66. The largest absolute Gasteiger partial charge is 0.493 e. The fourth-order valence-electron chi connectivity index (χ4n) is 3.01. The van der Waals surface area contributed by atoms with E-state index in [1.807, 2.05) is 0 Å². The fourth-order valence-corrected chi connectivity index (χ4v) is 3.01. The third kappa shape index (κ3) is 4.63. The average Bonchev–Trinajstić information content (AvgIpc) is 2.61. The molecule has 2 N–H and O–H groups in total. The molecule has 6 nitrogen and oxygen atoms in total. The number of methoxy groups -OCH3 is 3. The van der Waals surface area contributed by atoms with Crippen LogP contribution in [0.5, 0.6) is 17.2 Å². The molecular weight excluding hydrogens is 358 g/mol. The molecule has 9 heteroatoms. The Morgan fingerprint density at radius 3 is 2.04 bits per heavy atom. The number of ether oxygens (including phenoxy) is 3. The minimum atomic E-state index is -3.30. The van der Waals surface area contributed by atoms with Crippen molar-refractivity contribution >= 4 is 12.4 Å². The molecule has 1 aromatic rings. The Hall–Kier alpha value is -1.35. The summed E-state index contributed by atoms with van der Waals surface area (Å²) >= 11 is 0. The Morgan fingerprint density at radius 2 is 1.64 bits per heavy atom. The molecule has 0 spiro atoms. The van der Waals surface area contributed by atoms with Gasteiger partial charge in [0.25, 0.3) is 5.92 Å². The van der Waals surface area contributed by atoms with Crippen LogP contribution in [0.1, 0.15) is 11.6 Å². The minimum Gasteiger partial charge on any atom is -0.493 e. The van der Waals surface area contributed by atoms with Crippen molar-refractivity contribution in [3.8, 4) is 17.2 Å². The molecule has 0 radical (unpaired) electrons. The smallest absolute Gasteiger partial charge is 0.289 e. The van der Waals surface area contributed by atoms with E-state index in [1.54, 1.807) is 4.90 Å². The van der Waals surface area contributed by atoms with Crippen molar-refractivity contribution in [3.63, 3.8) is 0 Å². The zero-order chi connectivity index (χ0) is 17.7. The van der Waals surface area contributed by atoms with Gasteiger partial charge in [-0.3, -0.25) is 4.90 Å². The number of halogens is 3. The first-order valence-corrected chi connectivity index (χ1v) is 7.71. The van der Waals surface area contributed by atoms with Crippen LogP contribution in [0, 0.1) is 0 Å². The molecule has 0 unspecified atom stereocenters. The number of aliphatic hydroxyl groups excluding tert-OH is 1. The van der Waals surface area contributed by atoms with E-state index in [-0.39, 0.29) is 12.4 Å². The number of piperazine rings is 1. The predicted molar refractivity (Wildman–Crippen MR) is 92.6 cm³/mol. The second-order valence-electron chi connectivity index (χ2n) is 5.57. The average molecular weight is 383 g/mol. The first-order valence-electron chi connectivity index (χ1n) is 7.71. The van der Waals surface area contributed by atoms with Crippen molar-refractivity contribution in [2.45, 2.75) is 12.0 Å². The molecule has 2 rings (SSSR count). The quantitative estimate of drug-likeness (QED) is 0.748. The van der Waals surface area contributed by atoms with E-state index < -0.39 is 18.6 Å². The van der Waals surface area contributed by atoms with E-state index in [9.17, 15) is 13.9 Å². The third-order valence-corrected chi connectivity index (χ3v) is 4.13. The number of hydrogen-bond donors (Lipinski definition) is 2. The lowest BCUT2D eigenvalue weighted by Crippen LogP contribution is -2.51. The predicted octanol–water partition coefficient (Wildman–Crippen LogP) is 1.71. The van der Waals surface area contributed by atoms with Gasteiger partial charge < -0.3 is 24.6 Å². The van der Waals surface area contributed by atoms with Crippen LogP contribution in [0.25, 0.3) is 0 Å². The highest BCUT2D eigenvalue weighted by molar-refractivity contribution is 5.85. The number of nitrogens with zero attached hydrogens (tertiary/aromatic N) is 1. The molecule has 1 fully saturated rings. The van der Waals surface area contributed by atoms with Crippen LogP contribution in [0.15, 0.2) is 12.1 Å². The zero-order valence-corrected chi connectivity index (χ0v) is 15.4. The maximum absolute atomic E-state index is 14.5. The Bertz CT molecular complexity index is 532. The number of alkyl halides is 2. The maximum Gasteiger partial charge on any atom is 0.289 e. The van der Waals surface area contributed by atoms with Gasteiger partial charge in [-0.1, -0.05) is 0 Å². The number of benzene rings is 1. The molecule has 1 saturated heterocycles. The van der Waals surface area contributed by atoms with E-state index in [4.69, 9.17) is 14.2 Å². The fraction of sp³-hybridized carbons (Fsp3) is 0.625. The first kappa shape index (κ1) is 21.7. The van der Waals surface area contributed by atoms with Gasteiger partial charge in [0, 0.05) is 26.2 Å². The molecule has 0 bridgehead atoms. The standard InChI is InChI=1S/C16H24F2N2O4.ClH/c1-22-12-8-11(9-13(23-2)14(12)24-3)15(16(17,18)10-21)20-6-4-19-5-7-20;/h8-9,15,19,21H,4-7,10H2,1-3H3;1H/t15-;/m0./s1. The number of nitrogens with one attached hydrogen (secondary N) is 1. The molecule has 0 aliphatic carbocycles. The van der Waals surface area contributed by atoms with Crippen molar-refractivity contribution in [1.29, 1.82) is 0 Å². The van der Waals surface area contributed by atoms with Crippen LogP contribution in [0.3, 0.4) is 0 Å². The Balaban J connectivity index is 0.00000312. The molecule has 0 amide bonds. The second kappa shape index (κ2) is 9.38. The van der Waals surface area contributed by atoms with Crippen LogP contribution < -0.4 is 19.5 Å². The van der Waals surface area contributed by atoms with E-state index in [1.165, 1.54) is 33.5 Å². The summed E-state index contributed by atoms with van der Waals surface area (Å²) in [6.07, 6.45) is 0. The topological polar surface area (TPSA) is 63.2 Å².